The Bertz CT molecular complexity index is 439. The molecule has 110 valence electrons. The summed E-state index contributed by atoms with van der Waals surface area (Å²) in [6.07, 6.45) is 0. The average molecular weight is 280 g/mol. The van der Waals surface area contributed by atoms with Gasteiger partial charge in [0.1, 0.15) is 12.4 Å². The van der Waals surface area contributed by atoms with Crippen molar-refractivity contribution >= 4 is 6.03 Å². The van der Waals surface area contributed by atoms with Gasteiger partial charge in [-0.3, -0.25) is 0 Å². The second kappa shape index (κ2) is 7.72. The monoisotopic (exact) mass is 280 g/mol. The van der Waals surface area contributed by atoms with Crippen LogP contribution in [0.1, 0.15) is 5.56 Å². The van der Waals surface area contributed by atoms with Gasteiger partial charge in [-0.1, -0.05) is 18.2 Å². The summed E-state index contributed by atoms with van der Waals surface area (Å²) >= 11 is 0. The maximum atomic E-state index is 12.0. The van der Waals surface area contributed by atoms with E-state index >= 15 is 0 Å². The van der Waals surface area contributed by atoms with Gasteiger partial charge in [0, 0.05) is 12.1 Å². The van der Waals surface area contributed by atoms with Crippen molar-refractivity contribution in [3.63, 3.8) is 0 Å². The first kappa shape index (κ1) is 14.6. The van der Waals surface area contributed by atoms with Gasteiger partial charge in [0.15, 0.2) is 0 Å². The van der Waals surface area contributed by atoms with Crippen LogP contribution in [-0.2, 0) is 11.3 Å². The zero-order chi connectivity index (χ0) is 14.2. The largest absolute Gasteiger partial charge is 0.491 e. The number of carbonyl (C=O) groups excluding carboxylic acids is 1. The van der Waals surface area contributed by atoms with Crippen molar-refractivity contribution in [2.24, 2.45) is 0 Å². The fourth-order valence-corrected chi connectivity index (χ4v) is 2.01. The lowest BCUT2D eigenvalue weighted by Crippen LogP contribution is -2.41. The zero-order valence-electron chi connectivity index (χ0n) is 11.4. The smallest absolute Gasteiger partial charge is 0.317 e. The van der Waals surface area contributed by atoms with Crippen LogP contribution in [0.15, 0.2) is 24.3 Å². The molecule has 2 N–H and O–H groups in total. The van der Waals surface area contributed by atoms with Crippen LogP contribution in [0.4, 0.5) is 4.79 Å². The Hall–Kier alpha value is -1.79. The molecule has 6 nitrogen and oxygen atoms in total. The molecular formula is C14H20N2O4. The average Bonchev–Trinajstić information content (AvgIpc) is 2.69. The van der Waals surface area contributed by atoms with Gasteiger partial charge in [-0.05, 0) is 6.07 Å². The molecule has 0 saturated carbocycles. The van der Waals surface area contributed by atoms with Gasteiger partial charge < -0.3 is 24.8 Å². The van der Waals surface area contributed by atoms with Crippen LogP contribution < -0.4 is 10.1 Å². The molecule has 0 radical (unpaired) electrons. The molecule has 1 aliphatic heterocycles. The molecule has 1 aromatic carbocycles. The Morgan fingerprint density at radius 2 is 2.25 bits per heavy atom. The molecule has 1 aromatic rings. The molecular weight excluding hydrogens is 260 g/mol. The van der Waals surface area contributed by atoms with E-state index in [0.29, 0.717) is 39.5 Å². The maximum Gasteiger partial charge on any atom is 0.317 e. The molecule has 0 aliphatic carbocycles. The van der Waals surface area contributed by atoms with Gasteiger partial charge >= 0.3 is 6.03 Å². The van der Waals surface area contributed by atoms with E-state index in [1.54, 1.807) is 4.90 Å². The summed E-state index contributed by atoms with van der Waals surface area (Å²) in [5, 5.41) is 11.4. The highest BCUT2D eigenvalue weighted by Crippen LogP contribution is 2.22. The number of ether oxygens (including phenoxy) is 2. The molecule has 20 heavy (non-hydrogen) atoms. The molecule has 0 bridgehead atoms. The van der Waals surface area contributed by atoms with E-state index in [1.165, 1.54) is 0 Å². The third kappa shape index (κ3) is 4.11. The summed E-state index contributed by atoms with van der Waals surface area (Å²) in [4.78, 5) is 13.8. The van der Waals surface area contributed by atoms with E-state index in [2.05, 4.69) is 5.32 Å². The number of hydrogen-bond acceptors (Lipinski definition) is 4. The number of benzene rings is 1. The summed E-state index contributed by atoms with van der Waals surface area (Å²) in [5.41, 5.74) is 1.01. The van der Waals surface area contributed by atoms with Gasteiger partial charge in [0.05, 0.1) is 32.9 Å². The lowest BCUT2D eigenvalue weighted by Gasteiger charge is -2.20. The van der Waals surface area contributed by atoms with E-state index in [4.69, 9.17) is 14.6 Å². The highest BCUT2D eigenvalue weighted by Gasteiger charge is 2.18. The number of fused-ring (bicyclic) bond motifs is 1. The summed E-state index contributed by atoms with van der Waals surface area (Å²) in [5.74, 6) is 0.842. The Kier molecular flexibility index (Phi) is 5.64. The van der Waals surface area contributed by atoms with Crippen molar-refractivity contribution in [1.82, 2.24) is 10.2 Å². The minimum Gasteiger partial charge on any atom is -0.491 e. The third-order valence-electron chi connectivity index (χ3n) is 3.00. The predicted octanol–water partition coefficient (Wildman–Crippen LogP) is 0.599. The number of para-hydroxylation sites is 1. The van der Waals surface area contributed by atoms with Crippen LogP contribution in [0.25, 0.3) is 0 Å². The van der Waals surface area contributed by atoms with Crippen molar-refractivity contribution in [1.29, 1.82) is 0 Å². The number of amides is 2. The number of urea groups is 1. The second-order valence-corrected chi connectivity index (χ2v) is 4.45. The van der Waals surface area contributed by atoms with Crippen LogP contribution in [0, 0.1) is 0 Å². The molecule has 0 aromatic heterocycles. The molecule has 1 aliphatic rings. The molecule has 1 heterocycles. The van der Waals surface area contributed by atoms with E-state index < -0.39 is 0 Å². The highest BCUT2D eigenvalue weighted by atomic mass is 16.5. The molecule has 0 fully saturated rings. The maximum absolute atomic E-state index is 12.0. The Morgan fingerprint density at radius 3 is 3.10 bits per heavy atom. The normalized spacial score (nSPS) is 14.2. The number of hydrogen-bond donors (Lipinski definition) is 2. The number of carbonyl (C=O) groups is 1. The molecule has 0 spiro atoms. The standard InChI is InChI=1S/C14H20N2O4/c17-7-10-19-8-5-15-14(18)16-6-9-20-13-4-2-1-3-12(13)11-16/h1-4,17H,5-11H2,(H,15,18). The highest BCUT2D eigenvalue weighted by molar-refractivity contribution is 5.74. The van der Waals surface area contributed by atoms with Gasteiger partial charge in [-0.25, -0.2) is 4.79 Å². The van der Waals surface area contributed by atoms with Gasteiger partial charge in [-0.15, -0.1) is 0 Å². The van der Waals surface area contributed by atoms with E-state index in [-0.39, 0.29) is 12.6 Å². The third-order valence-corrected chi connectivity index (χ3v) is 3.00. The Morgan fingerprint density at radius 1 is 1.40 bits per heavy atom. The van der Waals surface area contributed by atoms with Gasteiger partial charge in [0.25, 0.3) is 0 Å². The first-order valence-corrected chi connectivity index (χ1v) is 6.73. The lowest BCUT2D eigenvalue weighted by atomic mass is 10.2. The molecule has 6 heteroatoms. The molecule has 0 saturated heterocycles. The summed E-state index contributed by atoms with van der Waals surface area (Å²) in [7, 11) is 0. The van der Waals surface area contributed by atoms with Gasteiger partial charge in [-0.2, -0.15) is 0 Å². The summed E-state index contributed by atoms with van der Waals surface area (Å²) < 4.78 is 10.7. The van der Waals surface area contributed by atoms with Crippen molar-refractivity contribution < 1.29 is 19.4 Å². The first-order chi connectivity index (χ1) is 9.81. The van der Waals surface area contributed by atoms with Gasteiger partial charge in [0.2, 0.25) is 0 Å². The molecule has 0 atom stereocenters. The fraction of sp³-hybridized carbons (Fsp3) is 0.500. The molecule has 0 unspecified atom stereocenters. The summed E-state index contributed by atoms with van der Waals surface area (Å²) in [6.45, 7) is 2.70. The Balaban J connectivity index is 1.82. The van der Waals surface area contributed by atoms with E-state index in [0.717, 1.165) is 11.3 Å². The first-order valence-electron chi connectivity index (χ1n) is 6.73. The molecule has 2 rings (SSSR count). The van der Waals surface area contributed by atoms with Crippen LogP contribution in [0.5, 0.6) is 5.75 Å². The topological polar surface area (TPSA) is 71.0 Å². The van der Waals surface area contributed by atoms with Crippen molar-refractivity contribution in [2.45, 2.75) is 6.54 Å². The number of aliphatic hydroxyl groups excluding tert-OH is 1. The Labute approximate surface area is 118 Å². The van der Waals surface area contributed by atoms with E-state index in [1.807, 2.05) is 24.3 Å². The minimum absolute atomic E-state index is 0.00576. The summed E-state index contributed by atoms with van der Waals surface area (Å²) in [6, 6.07) is 7.61. The SMILES string of the molecule is O=C(NCCOCCO)N1CCOc2ccccc2C1. The molecule has 2 amide bonds. The zero-order valence-corrected chi connectivity index (χ0v) is 11.4. The van der Waals surface area contributed by atoms with Crippen LogP contribution in [-0.4, -0.2) is 55.6 Å². The van der Waals surface area contributed by atoms with Crippen molar-refractivity contribution in [3.05, 3.63) is 29.8 Å². The number of nitrogens with one attached hydrogen (secondary N) is 1. The minimum atomic E-state index is -0.127. The number of rotatable bonds is 5. The van der Waals surface area contributed by atoms with Crippen molar-refractivity contribution in [3.8, 4) is 5.75 Å². The second-order valence-electron chi connectivity index (χ2n) is 4.45. The number of nitrogens with zero attached hydrogens (tertiary/aromatic N) is 1. The van der Waals surface area contributed by atoms with Crippen LogP contribution in [0.2, 0.25) is 0 Å². The predicted molar refractivity (Wildman–Crippen MR) is 73.7 cm³/mol. The van der Waals surface area contributed by atoms with Crippen LogP contribution in [0.3, 0.4) is 0 Å². The van der Waals surface area contributed by atoms with E-state index in [9.17, 15) is 4.79 Å². The quantitative estimate of drug-likeness (QED) is 0.775. The van der Waals surface area contributed by atoms with Crippen molar-refractivity contribution in [2.75, 3.05) is 39.5 Å². The lowest BCUT2D eigenvalue weighted by molar-refractivity contribution is 0.0935. The number of aliphatic hydroxyl groups is 1. The van der Waals surface area contributed by atoms with Crippen LogP contribution >= 0.6 is 0 Å². The fourth-order valence-electron chi connectivity index (χ4n) is 2.01.